The van der Waals surface area contributed by atoms with Crippen molar-refractivity contribution in [3.05, 3.63) is 78.2 Å². The lowest BCUT2D eigenvalue weighted by Gasteiger charge is -2.25. The summed E-state index contributed by atoms with van der Waals surface area (Å²) in [6.45, 7) is 0. The average Bonchev–Trinajstić information content (AvgIpc) is 3.28. The number of benzene rings is 1. The van der Waals surface area contributed by atoms with Crippen LogP contribution in [0.2, 0.25) is 0 Å². The number of dihydropyridines is 1. The van der Waals surface area contributed by atoms with Crippen molar-refractivity contribution in [2.45, 2.75) is 16.9 Å². The van der Waals surface area contributed by atoms with E-state index < -0.39 is 21.8 Å². The monoisotopic (exact) mass is 468 g/mol. The Morgan fingerprint density at radius 3 is 2.79 bits per heavy atom. The average molecular weight is 468 g/mol. The molecule has 168 valence electrons. The van der Waals surface area contributed by atoms with Gasteiger partial charge in [0.2, 0.25) is 15.8 Å². The summed E-state index contributed by atoms with van der Waals surface area (Å²) in [6, 6.07) is 8.95. The molecule has 5 rings (SSSR count). The number of alkyl halides is 2. The molecule has 2 aliphatic rings. The van der Waals surface area contributed by atoms with Crippen molar-refractivity contribution in [2.24, 2.45) is 10.9 Å². The van der Waals surface area contributed by atoms with Gasteiger partial charge in [-0.3, -0.25) is 4.99 Å². The first-order chi connectivity index (χ1) is 15.8. The summed E-state index contributed by atoms with van der Waals surface area (Å²) in [5.74, 6) is -4.35. The third-order valence-electron chi connectivity index (χ3n) is 5.53. The molecule has 2 atom stereocenters. The molecule has 3 aromatic rings. The van der Waals surface area contributed by atoms with Crippen molar-refractivity contribution in [3.63, 3.8) is 0 Å². The van der Waals surface area contributed by atoms with Crippen LogP contribution in [0.15, 0.2) is 82.2 Å². The number of rotatable bonds is 5. The Balaban J connectivity index is 1.57. The molecule has 0 bridgehead atoms. The van der Waals surface area contributed by atoms with Crippen molar-refractivity contribution in [1.29, 1.82) is 0 Å². The van der Waals surface area contributed by atoms with Gasteiger partial charge >= 0.3 is 5.92 Å². The van der Waals surface area contributed by atoms with Crippen LogP contribution in [-0.4, -0.2) is 47.5 Å². The minimum absolute atomic E-state index is 0.0361. The van der Waals surface area contributed by atoms with E-state index in [0.717, 1.165) is 4.52 Å². The van der Waals surface area contributed by atoms with Crippen molar-refractivity contribution >= 4 is 21.9 Å². The van der Waals surface area contributed by atoms with Crippen LogP contribution in [0.25, 0.3) is 16.9 Å². The maximum Gasteiger partial charge on any atom is 0.333 e. The molecule has 1 aromatic carbocycles. The molecular weight excluding hydrogens is 450 g/mol. The second kappa shape index (κ2) is 7.78. The van der Waals surface area contributed by atoms with Crippen LogP contribution < -0.4 is 4.72 Å². The van der Waals surface area contributed by atoms with E-state index >= 15 is 8.78 Å². The molecule has 1 aliphatic carbocycles. The minimum atomic E-state index is -3.68. The van der Waals surface area contributed by atoms with E-state index in [1.807, 2.05) is 6.08 Å². The van der Waals surface area contributed by atoms with Crippen LogP contribution in [0.1, 0.15) is 5.82 Å². The van der Waals surface area contributed by atoms with Crippen LogP contribution in [0, 0.1) is 5.92 Å². The molecule has 0 radical (unpaired) electrons. The molecule has 0 fully saturated rings. The van der Waals surface area contributed by atoms with Gasteiger partial charge in [0.15, 0.2) is 5.65 Å². The van der Waals surface area contributed by atoms with E-state index in [-0.39, 0.29) is 28.1 Å². The number of allylic oxidation sites excluding steroid dienone is 3. The molecule has 0 saturated carbocycles. The lowest BCUT2D eigenvalue weighted by atomic mass is 9.88. The fraction of sp³-hybridized carbons (Fsp3) is 0.182. The molecular formula is C22H18F2N6O2S. The number of aromatic nitrogens is 4. The molecule has 1 aliphatic heterocycles. The molecule has 2 unspecified atom stereocenters. The molecule has 33 heavy (non-hydrogen) atoms. The Hall–Kier alpha value is -3.57. The highest BCUT2D eigenvalue weighted by Gasteiger charge is 2.42. The van der Waals surface area contributed by atoms with Gasteiger partial charge in [-0.25, -0.2) is 13.1 Å². The Morgan fingerprint density at radius 2 is 1.97 bits per heavy atom. The summed E-state index contributed by atoms with van der Waals surface area (Å²) in [6.07, 6.45) is 9.68. The van der Waals surface area contributed by atoms with Gasteiger partial charge in [-0.2, -0.15) is 18.4 Å². The first-order valence-corrected chi connectivity index (χ1v) is 11.5. The third kappa shape index (κ3) is 3.68. The summed E-state index contributed by atoms with van der Waals surface area (Å²) in [7, 11) is -2.37. The van der Waals surface area contributed by atoms with E-state index in [4.69, 9.17) is 0 Å². The standard InChI is InChI=1S/C22H18F2N6O2S/c1-25-33(31,32)17-6-2-4-15(13-17)19-9-10-20-27-28-21(30(20)29-19)22(23,24)16-7-8-18-14(12-16)5-3-11-26-18/h2-14,18,25H,1H3. The van der Waals surface area contributed by atoms with Crippen LogP contribution >= 0.6 is 0 Å². The van der Waals surface area contributed by atoms with E-state index in [2.05, 4.69) is 25.0 Å². The lowest BCUT2D eigenvalue weighted by molar-refractivity contribution is 0.0288. The maximum absolute atomic E-state index is 15.5. The highest BCUT2D eigenvalue weighted by molar-refractivity contribution is 7.89. The van der Waals surface area contributed by atoms with Gasteiger partial charge in [0, 0.05) is 23.3 Å². The zero-order chi connectivity index (χ0) is 23.2. The van der Waals surface area contributed by atoms with E-state index in [0.29, 0.717) is 11.3 Å². The number of fused-ring (bicyclic) bond motifs is 2. The first-order valence-electron chi connectivity index (χ1n) is 10.0. The molecule has 11 heteroatoms. The number of sulfonamides is 1. The quantitative estimate of drug-likeness (QED) is 0.621. The van der Waals surface area contributed by atoms with Crippen molar-refractivity contribution in [3.8, 4) is 11.3 Å². The lowest BCUT2D eigenvalue weighted by Crippen LogP contribution is -2.26. The predicted molar refractivity (Wildman–Crippen MR) is 118 cm³/mol. The zero-order valence-corrected chi connectivity index (χ0v) is 18.1. The molecule has 0 saturated heterocycles. The normalized spacial score (nSPS) is 20.2. The smallest absolute Gasteiger partial charge is 0.285 e. The van der Waals surface area contributed by atoms with Crippen LogP contribution in [0.5, 0.6) is 0 Å². The fourth-order valence-corrected chi connectivity index (χ4v) is 4.53. The van der Waals surface area contributed by atoms with E-state index in [9.17, 15) is 8.42 Å². The predicted octanol–water partition coefficient (Wildman–Crippen LogP) is 2.91. The summed E-state index contributed by atoms with van der Waals surface area (Å²) in [5, 5.41) is 11.9. The Kier molecular flexibility index (Phi) is 5.02. The molecule has 8 nitrogen and oxygen atoms in total. The highest BCUT2D eigenvalue weighted by Crippen LogP contribution is 2.39. The van der Waals surface area contributed by atoms with Crippen molar-refractivity contribution < 1.29 is 17.2 Å². The Labute approximate surface area is 188 Å². The van der Waals surface area contributed by atoms with Gasteiger partial charge in [-0.05, 0) is 37.4 Å². The Bertz CT molecular complexity index is 1470. The Morgan fingerprint density at radius 1 is 1.12 bits per heavy atom. The summed E-state index contributed by atoms with van der Waals surface area (Å²) in [5.41, 5.74) is 0.674. The molecule has 1 N–H and O–H groups in total. The number of aliphatic imine (C=N–C) groups is 1. The van der Waals surface area contributed by atoms with Gasteiger partial charge in [0.1, 0.15) is 0 Å². The van der Waals surface area contributed by atoms with Crippen LogP contribution in [-0.2, 0) is 15.9 Å². The first kappa shape index (κ1) is 21.3. The third-order valence-corrected chi connectivity index (χ3v) is 6.94. The van der Waals surface area contributed by atoms with Gasteiger partial charge in [-0.1, -0.05) is 36.4 Å². The van der Waals surface area contributed by atoms with E-state index in [1.165, 1.54) is 37.4 Å². The largest absolute Gasteiger partial charge is 0.333 e. The molecule has 2 aromatic heterocycles. The number of nitrogens with zero attached hydrogens (tertiary/aromatic N) is 5. The second-order valence-corrected chi connectivity index (χ2v) is 9.44. The summed E-state index contributed by atoms with van der Waals surface area (Å²) in [4.78, 5) is 4.31. The summed E-state index contributed by atoms with van der Waals surface area (Å²) >= 11 is 0. The van der Waals surface area contributed by atoms with Crippen LogP contribution in [0.3, 0.4) is 0 Å². The number of halogens is 2. The van der Waals surface area contributed by atoms with Gasteiger partial charge in [0.25, 0.3) is 0 Å². The highest BCUT2D eigenvalue weighted by atomic mass is 32.2. The second-order valence-electron chi connectivity index (χ2n) is 7.55. The van der Waals surface area contributed by atoms with Gasteiger partial charge in [0.05, 0.1) is 16.6 Å². The minimum Gasteiger partial charge on any atom is -0.285 e. The van der Waals surface area contributed by atoms with Gasteiger partial charge in [-0.15, -0.1) is 10.2 Å². The van der Waals surface area contributed by atoms with Gasteiger partial charge < -0.3 is 0 Å². The maximum atomic E-state index is 15.5. The fourth-order valence-electron chi connectivity index (χ4n) is 3.76. The number of nitrogens with one attached hydrogen (secondary N) is 1. The molecule has 0 spiro atoms. The number of hydrogen-bond acceptors (Lipinski definition) is 6. The van der Waals surface area contributed by atoms with Crippen molar-refractivity contribution in [1.82, 2.24) is 24.5 Å². The molecule has 0 amide bonds. The van der Waals surface area contributed by atoms with Crippen molar-refractivity contribution in [2.75, 3.05) is 7.05 Å². The van der Waals surface area contributed by atoms with E-state index in [1.54, 1.807) is 36.6 Å². The topological polar surface area (TPSA) is 102 Å². The van der Waals surface area contributed by atoms with Crippen LogP contribution in [0.4, 0.5) is 8.78 Å². The SMILES string of the molecule is CNS(=O)(=O)c1cccc(-c2ccc3nnc(C(F)(F)C4=CC5C=CC=NC5C=C4)n3n2)c1. The molecule has 3 heterocycles. The summed E-state index contributed by atoms with van der Waals surface area (Å²) < 4.78 is 58.6. The number of hydrogen-bond donors (Lipinski definition) is 1. The zero-order valence-electron chi connectivity index (χ0n) is 17.3.